The molecule has 0 aliphatic carbocycles. The Bertz CT molecular complexity index is 431. The van der Waals surface area contributed by atoms with E-state index in [1.165, 1.54) is 19.1 Å². The van der Waals surface area contributed by atoms with Gasteiger partial charge in [-0.15, -0.1) is 0 Å². The van der Waals surface area contributed by atoms with Gasteiger partial charge >= 0.3 is 5.97 Å². The number of halogens is 1. The predicted molar refractivity (Wildman–Crippen MR) is 61.7 cm³/mol. The summed E-state index contributed by atoms with van der Waals surface area (Å²) in [6.07, 6.45) is 0. The third-order valence-electron chi connectivity index (χ3n) is 1.98. The minimum atomic E-state index is -1.73. The summed E-state index contributed by atoms with van der Waals surface area (Å²) in [6.45, 7) is 1.21. The first-order chi connectivity index (χ1) is 7.35. The van der Waals surface area contributed by atoms with E-state index in [1.807, 2.05) is 0 Å². The molecule has 1 aromatic rings. The summed E-state index contributed by atoms with van der Waals surface area (Å²) in [5.41, 5.74) is 0.166. The van der Waals surface area contributed by atoms with Crippen molar-refractivity contribution < 1.29 is 19.8 Å². The Balaban J connectivity index is 2.88. The molecule has 16 heavy (non-hydrogen) atoms. The number of benzene rings is 1. The molecule has 0 heterocycles. The fourth-order valence-corrected chi connectivity index (χ4v) is 1.02. The van der Waals surface area contributed by atoms with E-state index in [2.05, 4.69) is 21.2 Å². The van der Waals surface area contributed by atoms with Crippen LogP contribution in [-0.4, -0.2) is 26.4 Å². The SMILES string of the molecule is CC(Br)(C(=O)O)C(=O)Nc1ccccc1O. The van der Waals surface area contributed by atoms with Crippen LogP contribution in [0.5, 0.6) is 5.75 Å². The fraction of sp³-hybridized carbons (Fsp3) is 0.200. The van der Waals surface area contributed by atoms with Crippen LogP contribution in [0.15, 0.2) is 24.3 Å². The molecule has 1 aromatic carbocycles. The highest BCUT2D eigenvalue weighted by Gasteiger charge is 2.38. The highest BCUT2D eigenvalue weighted by Crippen LogP contribution is 2.25. The third-order valence-corrected chi connectivity index (χ3v) is 2.68. The van der Waals surface area contributed by atoms with Gasteiger partial charge in [0.15, 0.2) is 4.32 Å². The van der Waals surface area contributed by atoms with Crippen molar-refractivity contribution in [1.82, 2.24) is 0 Å². The van der Waals surface area contributed by atoms with Crippen molar-refractivity contribution in [2.24, 2.45) is 0 Å². The molecule has 5 nitrogen and oxygen atoms in total. The van der Waals surface area contributed by atoms with E-state index in [4.69, 9.17) is 5.11 Å². The van der Waals surface area contributed by atoms with Crippen molar-refractivity contribution in [1.29, 1.82) is 0 Å². The standard InChI is InChI=1S/C10H10BrNO4/c1-10(11,9(15)16)8(14)12-6-4-2-3-5-7(6)13/h2-5,13H,1H3,(H,12,14)(H,15,16). The van der Waals surface area contributed by atoms with Crippen LogP contribution in [0.2, 0.25) is 0 Å². The second-order valence-electron chi connectivity index (χ2n) is 3.28. The van der Waals surface area contributed by atoms with E-state index in [1.54, 1.807) is 12.1 Å². The number of phenolic OH excluding ortho intramolecular Hbond substituents is 1. The smallest absolute Gasteiger partial charge is 0.329 e. The molecule has 0 spiro atoms. The minimum absolute atomic E-state index is 0.121. The van der Waals surface area contributed by atoms with Crippen LogP contribution < -0.4 is 5.32 Å². The Morgan fingerprint density at radius 1 is 1.38 bits per heavy atom. The Morgan fingerprint density at radius 2 is 1.94 bits per heavy atom. The van der Waals surface area contributed by atoms with Gasteiger partial charge in [0.25, 0.3) is 5.91 Å². The van der Waals surface area contributed by atoms with Gasteiger partial charge in [-0.05, 0) is 19.1 Å². The van der Waals surface area contributed by atoms with Crippen molar-refractivity contribution >= 4 is 33.5 Å². The van der Waals surface area contributed by atoms with E-state index in [0.29, 0.717) is 0 Å². The number of carboxylic acid groups (broad SMARTS) is 1. The number of hydrogen-bond donors (Lipinski definition) is 3. The van der Waals surface area contributed by atoms with Gasteiger partial charge in [-0.3, -0.25) is 9.59 Å². The van der Waals surface area contributed by atoms with E-state index in [9.17, 15) is 14.7 Å². The van der Waals surface area contributed by atoms with Gasteiger partial charge in [0.05, 0.1) is 5.69 Å². The number of anilines is 1. The van der Waals surface area contributed by atoms with Crippen molar-refractivity contribution in [3.05, 3.63) is 24.3 Å². The van der Waals surface area contributed by atoms with Crippen molar-refractivity contribution in [3.63, 3.8) is 0 Å². The van der Waals surface area contributed by atoms with Gasteiger partial charge in [0.2, 0.25) is 0 Å². The maximum atomic E-state index is 11.6. The predicted octanol–water partition coefficient (Wildman–Crippen LogP) is 1.57. The number of aromatic hydroxyl groups is 1. The van der Waals surface area contributed by atoms with Crippen molar-refractivity contribution in [2.75, 3.05) is 5.32 Å². The highest BCUT2D eigenvalue weighted by molar-refractivity contribution is 9.10. The summed E-state index contributed by atoms with van der Waals surface area (Å²) in [4.78, 5) is 22.3. The molecule has 0 saturated heterocycles. The van der Waals surface area contributed by atoms with Crippen LogP contribution in [0.3, 0.4) is 0 Å². The number of nitrogens with one attached hydrogen (secondary N) is 1. The normalized spacial score (nSPS) is 13.9. The number of carboxylic acids is 1. The van der Waals surface area contributed by atoms with E-state index < -0.39 is 16.2 Å². The average Bonchev–Trinajstić information content (AvgIpc) is 2.21. The van der Waals surface area contributed by atoms with Gasteiger partial charge in [0.1, 0.15) is 5.75 Å². The number of carbonyl (C=O) groups excluding carboxylic acids is 1. The maximum absolute atomic E-state index is 11.6. The minimum Gasteiger partial charge on any atom is -0.506 e. The summed E-state index contributed by atoms with van der Waals surface area (Å²) in [5, 5.41) is 20.5. The Morgan fingerprint density at radius 3 is 2.44 bits per heavy atom. The first-order valence-corrected chi connectivity index (χ1v) is 5.16. The summed E-state index contributed by atoms with van der Waals surface area (Å²) >= 11 is 2.80. The molecule has 1 atom stereocenters. The molecular weight excluding hydrogens is 278 g/mol. The lowest BCUT2D eigenvalue weighted by Crippen LogP contribution is -2.41. The zero-order valence-corrected chi connectivity index (χ0v) is 9.98. The van der Waals surface area contributed by atoms with Crippen molar-refractivity contribution in [2.45, 2.75) is 11.2 Å². The second kappa shape index (κ2) is 4.52. The molecule has 0 saturated carbocycles. The van der Waals surface area contributed by atoms with Crippen LogP contribution in [0.4, 0.5) is 5.69 Å². The molecule has 0 aliphatic heterocycles. The summed E-state index contributed by atoms with van der Waals surface area (Å²) in [7, 11) is 0. The molecule has 0 aromatic heterocycles. The number of alkyl halides is 1. The third kappa shape index (κ3) is 2.52. The first kappa shape index (κ1) is 12.5. The van der Waals surface area contributed by atoms with E-state index in [-0.39, 0.29) is 11.4 Å². The lowest BCUT2D eigenvalue weighted by atomic mass is 10.1. The molecule has 86 valence electrons. The molecule has 6 heteroatoms. The molecule has 1 unspecified atom stereocenters. The van der Waals surface area contributed by atoms with Gasteiger partial charge in [-0.2, -0.15) is 0 Å². The summed E-state index contributed by atoms with van der Waals surface area (Å²) in [6, 6.07) is 6.07. The van der Waals surface area contributed by atoms with E-state index >= 15 is 0 Å². The first-order valence-electron chi connectivity index (χ1n) is 4.37. The number of carbonyl (C=O) groups is 2. The molecular formula is C10H10BrNO4. The Labute approximate surface area is 100 Å². The second-order valence-corrected chi connectivity index (χ2v) is 4.87. The lowest BCUT2D eigenvalue weighted by Gasteiger charge is -2.16. The number of para-hydroxylation sites is 2. The zero-order chi connectivity index (χ0) is 12.3. The number of phenols is 1. The Kier molecular flexibility index (Phi) is 3.54. The number of hydrogen-bond acceptors (Lipinski definition) is 3. The van der Waals surface area contributed by atoms with Crippen LogP contribution in [-0.2, 0) is 9.59 Å². The zero-order valence-electron chi connectivity index (χ0n) is 8.40. The molecule has 0 aliphatic rings. The van der Waals surface area contributed by atoms with Gasteiger partial charge in [-0.25, -0.2) is 0 Å². The summed E-state index contributed by atoms with van der Waals surface area (Å²) < 4.78 is -1.73. The van der Waals surface area contributed by atoms with Crippen LogP contribution in [0.25, 0.3) is 0 Å². The number of rotatable bonds is 3. The van der Waals surface area contributed by atoms with Gasteiger partial charge < -0.3 is 15.5 Å². The number of amides is 1. The maximum Gasteiger partial charge on any atom is 0.329 e. The lowest BCUT2D eigenvalue weighted by molar-refractivity contribution is -0.142. The molecule has 0 bridgehead atoms. The van der Waals surface area contributed by atoms with Crippen LogP contribution in [0, 0.1) is 0 Å². The van der Waals surface area contributed by atoms with Crippen LogP contribution in [0.1, 0.15) is 6.92 Å². The average molecular weight is 288 g/mol. The quantitative estimate of drug-likeness (QED) is 0.447. The molecule has 1 rings (SSSR count). The van der Waals surface area contributed by atoms with Crippen molar-refractivity contribution in [3.8, 4) is 5.75 Å². The largest absolute Gasteiger partial charge is 0.506 e. The molecule has 0 fully saturated rings. The monoisotopic (exact) mass is 287 g/mol. The molecule has 0 radical (unpaired) electrons. The Hall–Kier alpha value is -1.56. The van der Waals surface area contributed by atoms with E-state index in [0.717, 1.165) is 0 Å². The molecule has 1 amide bonds. The summed E-state index contributed by atoms with van der Waals surface area (Å²) in [5.74, 6) is -2.19. The fourth-order valence-electron chi connectivity index (χ4n) is 0.916. The number of aliphatic carboxylic acids is 1. The van der Waals surface area contributed by atoms with Crippen LogP contribution >= 0.6 is 15.9 Å². The molecule has 3 N–H and O–H groups in total. The topological polar surface area (TPSA) is 86.6 Å². The van der Waals surface area contributed by atoms with Gasteiger partial charge in [-0.1, -0.05) is 28.1 Å². The highest BCUT2D eigenvalue weighted by atomic mass is 79.9. The van der Waals surface area contributed by atoms with Gasteiger partial charge in [0, 0.05) is 0 Å².